The summed E-state index contributed by atoms with van der Waals surface area (Å²) in [6.45, 7) is 4.11. The van der Waals surface area contributed by atoms with Crippen molar-refractivity contribution in [2.75, 3.05) is 7.11 Å². The molecule has 2 rings (SSSR count). The van der Waals surface area contributed by atoms with Gasteiger partial charge in [-0.2, -0.15) is 0 Å². The van der Waals surface area contributed by atoms with E-state index in [2.05, 4.69) is 38.1 Å². The van der Waals surface area contributed by atoms with Gasteiger partial charge in [0.25, 0.3) is 0 Å². The van der Waals surface area contributed by atoms with Crippen LogP contribution in [0.4, 0.5) is 0 Å². The van der Waals surface area contributed by atoms with Crippen LogP contribution in [0.25, 0.3) is 0 Å². The fourth-order valence-electron chi connectivity index (χ4n) is 3.95. The van der Waals surface area contributed by atoms with Crippen molar-refractivity contribution in [1.82, 2.24) is 0 Å². The first-order valence-electron chi connectivity index (χ1n) is 7.81. The molecule has 1 aromatic carbocycles. The van der Waals surface area contributed by atoms with Crippen LogP contribution in [-0.4, -0.2) is 18.6 Å². The molecule has 0 radical (unpaired) electrons. The summed E-state index contributed by atoms with van der Waals surface area (Å²) in [5, 5.41) is 0. The average Bonchev–Trinajstić information content (AvgIpc) is 2.47. The first-order chi connectivity index (χ1) is 9.90. The number of hydrogen-bond donors (Lipinski definition) is 1. The molecule has 0 saturated heterocycles. The summed E-state index contributed by atoms with van der Waals surface area (Å²) in [5.74, 6) is 0.155. The lowest BCUT2D eigenvalue weighted by molar-refractivity contribution is -0.146. The summed E-state index contributed by atoms with van der Waals surface area (Å²) in [6, 6.07) is 10.5. The van der Waals surface area contributed by atoms with Crippen LogP contribution in [-0.2, 0) is 9.53 Å². The van der Waals surface area contributed by atoms with E-state index in [1.165, 1.54) is 19.1 Å². The molecule has 1 aromatic rings. The zero-order chi connectivity index (χ0) is 15.5. The summed E-state index contributed by atoms with van der Waals surface area (Å²) in [4.78, 5) is 12.0. The number of benzene rings is 1. The number of rotatable bonds is 4. The minimum absolute atomic E-state index is 0.156. The molecule has 21 heavy (non-hydrogen) atoms. The first kappa shape index (κ1) is 16.0. The summed E-state index contributed by atoms with van der Waals surface area (Å²) in [5.41, 5.74) is 7.19. The fraction of sp³-hybridized carbons (Fsp3) is 0.611. The van der Waals surface area contributed by atoms with Crippen molar-refractivity contribution in [2.24, 2.45) is 11.1 Å². The van der Waals surface area contributed by atoms with Crippen molar-refractivity contribution >= 4 is 5.97 Å². The number of nitrogens with two attached hydrogens (primary N) is 1. The van der Waals surface area contributed by atoms with Crippen LogP contribution in [0.5, 0.6) is 0 Å². The Morgan fingerprint density at radius 3 is 2.57 bits per heavy atom. The summed E-state index contributed by atoms with van der Waals surface area (Å²) < 4.78 is 4.96. The normalized spacial score (nSPS) is 26.4. The Hall–Kier alpha value is -1.35. The Kier molecular flexibility index (Phi) is 4.72. The van der Waals surface area contributed by atoms with E-state index < -0.39 is 5.54 Å². The lowest BCUT2D eigenvalue weighted by atomic mass is 9.54. The van der Waals surface area contributed by atoms with Gasteiger partial charge < -0.3 is 10.5 Å². The van der Waals surface area contributed by atoms with E-state index >= 15 is 0 Å². The van der Waals surface area contributed by atoms with Crippen molar-refractivity contribution in [3.8, 4) is 0 Å². The van der Waals surface area contributed by atoms with Crippen LogP contribution in [0.3, 0.4) is 0 Å². The summed E-state index contributed by atoms with van der Waals surface area (Å²) in [6.07, 6.45) is 4.78. The van der Waals surface area contributed by atoms with Gasteiger partial charge in [0.05, 0.1) is 13.5 Å². The SMILES string of the molecule is COC(=O)CC1(C(C)(C)N)CCCCC1c1ccccc1. The zero-order valence-electron chi connectivity index (χ0n) is 13.4. The Morgan fingerprint density at radius 1 is 1.33 bits per heavy atom. The van der Waals surface area contributed by atoms with Crippen LogP contribution in [0, 0.1) is 5.41 Å². The average molecular weight is 289 g/mol. The third-order valence-corrected chi connectivity index (χ3v) is 5.21. The number of esters is 1. The van der Waals surface area contributed by atoms with E-state index in [0.29, 0.717) is 12.3 Å². The molecule has 1 aliphatic rings. The molecule has 0 spiro atoms. The van der Waals surface area contributed by atoms with E-state index in [0.717, 1.165) is 19.3 Å². The van der Waals surface area contributed by atoms with Crippen molar-refractivity contribution in [3.05, 3.63) is 35.9 Å². The van der Waals surface area contributed by atoms with Gasteiger partial charge in [-0.1, -0.05) is 43.2 Å². The highest BCUT2D eigenvalue weighted by molar-refractivity contribution is 5.70. The third kappa shape index (κ3) is 3.13. The summed E-state index contributed by atoms with van der Waals surface area (Å²) in [7, 11) is 1.46. The van der Waals surface area contributed by atoms with Crippen LogP contribution in [0.1, 0.15) is 57.4 Å². The van der Waals surface area contributed by atoms with E-state index in [1.807, 2.05) is 6.07 Å². The lowest BCUT2D eigenvalue weighted by Crippen LogP contribution is -2.56. The molecule has 3 nitrogen and oxygen atoms in total. The van der Waals surface area contributed by atoms with Gasteiger partial charge in [0.1, 0.15) is 0 Å². The highest BCUT2D eigenvalue weighted by Crippen LogP contribution is 2.54. The third-order valence-electron chi connectivity index (χ3n) is 5.21. The molecule has 1 saturated carbocycles. The van der Waals surface area contributed by atoms with Gasteiger partial charge in [-0.15, -0.1) is 0 Å². The standard InChI is InChI=1S/C18H27NO2/c1-17(2,19)18(13-16(20)21-3)12-8-7-11-15(18)14-9-5-4-6-10-14/h4-6,9-10,15H,7-8,11-13,19H2,1-3H3. The van der Waals surface area contributed by atoms with Crippen LogP contribution >= 0.6 is 0 Å². The maximum Gasteiger partial charge on any atom is 0.306 e. The first-order valence-corrected chi connectivity index (χ1v) is 7.81. The molecular formula is C18H27NO2. The number of carbonyl (C=O) groups excluding carboxylic acids is 1. The van der Waals surface area contributed by atoms with E-state index in [4.69, 9.17) is 10.5 Å². The quantitative estimate of drug-likeness (QED) is 0.861. The second-order valence-electron chi connectivity index (χ2n) is 6.84. The Labute approximate surface area is 127 Å². The molecule has 0 bridgehead atoms. The molecule has 2 N–H and O–H groups in total. The van der Waals surface area contributed by atoms with E-state index in [1.54, 1.807) is 0 Å². The van der Waals surface area contributed by atoms with Gasteiger partial charge in [0, 0.05) is 11.0 Å². The van der Waals surface area contributed by atoms with Crippen LogP contribution in [0.2, 0.25) is 0 Å². The molecule has 116 valence electrons. The molecular weight excluding hydrogens is 262 g/mol. The minimum Gasteiger partial charge on any atom is -0.469 e. The number of hydrogen-bond acceptors (Lipinski definition) is 3. The minimum atomic E-state index is -0.428. The van der Waals surface area contributed by atoms with Gasteiger partial charge in [0.2, 0.25) is 0 Å². The van der Waals surface area contributed by atoms with Crippen LogP contribution in [0.15, 0.2) is 30.3 Å². The molecule has 1 aliphatic carbocycles. The smallest absolute Gasteiger partial charge is 0.306 e. The maximum absolute atomic E-state index is 12.0. The largest absolute Gasteiger partial charge is 0.469 e. The maximum atomic E-state index is 12.0. The van der Waals surface area contributed by atoms with Crippen molar-refractivity contribution in [1.29, 1.82) is 0 Å². The second kappa shape index (κ2) is 6.18. The lowest BCUT2D eigenvalue weighted by Gasteiger charge is -2.52. The van der Waals surface area contributed by atoms with Gasteiger partial charge in [0.15, 0.2) is 0 Å². The van der Waals surface area contributed by atoms with Gasteiger partial charge >= 0.3 is 5.97 Å². The topological polar surface area (TPSA) is 52.3 Å². The van der Waals surface area contributed by atoms with E-state index in [9.17, 15) is 4.79 Å². The number of methoxy groups -OCH3 is 1. The molecule has 1 fully saturated rings. The molecule has 0 aromatic heterocycles. The predicted octanol–water partition coefficient (Wildman–Crippen LogP) is 3.63. The molecule has 0 aliphatic heterocycles. The molecule has 2 atom stereocenters. The second-order valence-corrected chi connectivity index (χ2v) is 6.84. The zero-order valence-corrected chi connectivity index (χ0v) is 13.4. The van der Waals surface area contributed by atoms with Crippen molar-refractivity contribution in [2.45, 2.75) is 57.4 Å². The fourth-order valence-corrected chi connectivity index (χ4v) is 3.95. The van der Waals surface area contributed by atoms with Crippen molar-refractivity contribution in [3.63, 3.8) is 0 Å². The van der Waals surface area contributed by atoms with Crippen LogP contribution < -0.4 is 5.73 Å². The Balaban J connectivity index is 2.45. The van der Waals surface area contributed by atoms with Gasteiger partial charge in [-0.25, -0.2) is 0 Å². The monoisotopic (exact) mass is 289 g/mol. The summed E-state index contributed by atoms with van der Waals surface area (Å²) >= 11 is 0. The molecule has 3 heteroatoms. The van der Waals surface area contributed by atoms with Gasteiger partial charge in [-0.05, 0) is 38.2 Å². The highest BCUT2D eigenvalue weighted by atomic mass is 16.5. The van der Waals surface area contributed by atoms with Gasteiger partial charge in [-0.3, -0.25) is 4.79 Å². The molecule has 0 heterocycles. The highest BCUT2D eigenvalue weighted by Gasteiger charge is 2.51. The Morgan fingerprint density at radius 2 is 2.00 bits per heavy atom. The Bertz CT molecular complexity index is 478. The predicted molar refractivity (Wildman–Crippen MR) is 85.0 cm³/mol. The van der Waals surface area contributed by atoms with E-state index in [-0.39, 0.29) is 11.4 Å². The number of ether oxygens (including phenoxy) is 1. The molecule has 2 unspecified atom stereocenters. The molecule has 0 amide bonds. The number of carbonyl (C=O) groups is 1. The van der Waals surface area contributed by atoms with Crippen molar-refractivity contribution < 1.29 is 9.53 Å².